The summed E-state index contributed by atoms with van der Waals surface area (Å²) in [6, 6.07) is 6.90. The predicted octanol–water partition coefficient (Wildman–Crippen LogP) is 2.97. The summed E-state index contributed by atoms with van der Waals surface area (Å²) in [5.74, 6) is 0.248. The summed E-state index contributed by atoms with van der Waals surface area (Å²) in [5.41, 5.74) is 0. The van der Waals surface area contributed by atoms with E-state index in [-0.39, 0.29) is 12.0 Å². The molecule has 0 spiro atoms. The summed E-state index contributed by atoms with van der Waals surface area (Å²) in [6.45, 7) is 4.03. The van der Waals surface area contributed by atoms with Crippen molar-refractivity contribution in [3.63, 3.8) is 0 Å². The van der Waals surface area contributed by atoms with Crippen LogP contribution in [0.5, 0.6) is 0 Å². The number of benzene rings is 1. The molecule has 2 aromatic rings. The molecular formula is C14H17IN2O2S. The Morgan fingerprint density at radius 3 is 2.70 bits per heavy atom. The van der Waals surface area contributed by atoms with Crippen LogP contribution in [0.1, 0.15) is 13.8 Å². The Morgan fingerprint density at radius 1 is 1.30 bits per heavy atom. The lowest BCUT2D eigenvalue weighted by atomic mass is 10.1. The molecule has 0 saturated carbocycles. The molecule has 4 nitrogen and oxygen atoms in total. The van der Waals surface area contributed by atoms with Gasteiger partial charge in [0.05, 0.1) is 4.90 Å². The van der Waals surface area contributed by atoms with Crippen LogP contribution in [0.25, 0.3) is 10.8 Å². The van der Waals surface area contributed by atoms with E-state index in [1.54, 1.807) is 30.6 Å². The Bertz CT molecular complexity index is 696. The molecule has 0 aliphatic heterocycles. The van der Waals surface area contributed by atoms with Gasteiger partial charge in [0.1, 0.15) is 0 Å². The van der Waals surface area contributed by atoms with Gasteiger partial charge in [0.15, 0.2) is 0 Å². The number of alkyl halides is 1. The summed E-state index contributed by atoms with van der Waals surface area (Å²) in [4.78, 5) is 4.34. The van der Waals surface area contributed by atoms with Crippen molar-refractivity contribution >= 4 is 43.4 Å². The summed E-state index contributed by atoms with van der Waals surface area (Å²) in [5, 5.41) is 1.52. The largest absolute Gasteiger partial charge is 0.264 e. The van der Waals surface area contributed by atoms with Gasteiger partial charge in [0.2, 0.25) is 10.0 Å². The number of fused-ring (bicyclic) bond motifs is 1. The van der Waals surface area contributed by atoms with E-state index in [9.17, 15) is 8.42 Å². The highest BCUT2D eigenvalue weighted by atomic mass is 127. The van der Waals surface area contributed by atoms with Crippen LogP contribution in [0.15, 0.2) is 41.6 Å². The van der Waals surface area contributed by atoms with Crippen molar-refractivity contribution in [2.24, 2.45) is 5.92 Å². The predicted molar refractivity (Wildman–Crippen MR) is 89.6 cm³/mol. The maximum Gasteiger partial charge on any atom is 0.241 e. The van der Waals surface area contributed by atoms with E-state index < -0.39 is 10.0 Å². The van der Waals surface area contributed by atoms with Gasteiger partial charge in [-0.3, -0.25) is 4.98 Å². The molecule has 0 amide bonds. The molecule has 0 fully saturated rings. The number of hydrogen-bond acceptors (Lipinski definition) is 3. The highest BCUT2D eigenvalue weighted by molar-refractivity contribution is 14.1. The van der Waals surface area contributed by atoms with Gasteiger partial charge in [-0.05, 0) is 18.1 Å². The number of halogens is 1. The lowest BCUT2D eigenvalue weighted by Gasteiger charge is -2.20. The van der Waals surface area contributed by atoms with E-state index in [0.29, 0.717) is 10.3 Å². The van der Waals surface area contributed by atoms with Crippen molar-refractivity contribution in [2.45, 2.75) is 24.8 Å². The van der Waals surface area contributed by atoms with Gasteiger partial charge in [-0.1, -0.05) is 48.6 Å². The fraction of sp³-hybridized carbons (Fsp3) is 0.357. The number of sulfonamides is 1. The minimum Gasteiger partial charge on any atom is -0.264 e. The van der Waals surface area contributed by atoms with Crippen molar-refractivity contribution in [2.75, 3.05) is 4.43 Å². The van der Waals surface area contributed by atoms with Crippen molar-refractivity contribution in [3.8, 4) is 0 Å². The smallest absolute Gasteiger partial charge is 0.241 e. The molecule has 1 N–H and O–H groups in total. The van der Waals surface area contributed by atoms with Crippen LogP contribution < -0.4 is 4.72 Å². The molecule has 0 aliphatic carbocycles. The van der Waals surface area contributed by atoms with Gasteiger partial charge in [0.25, 0.3) is 0 Å². The average Bonchev–Trinajstić information content (AvgIpc) is 2.43. The Hall–Kier alpha value is -0.730. The Labute approximate surface area is 133 Å². The second-order valence-corrected chi connectivity index (χ2v) is 7.54. The quantitative estimate of drug-likeness (QED) is 0.616. The van der Waals surface area contributed by atoms with Crippen molar-refractivity contribution < 1.29 is 8.42 Å². The highest BCUT2D eigenvalue weighted by Crippen LogP contribution is 2.22. The molecule has 1 unspecified atom stereocenters. The molecule has 0 radical (unpaired) electrons. The van der Waals surface area contributed by atoms with Gasteiger partial charge >= 0.3 is 0 Å². The summed E-state index contributed by atoms with van der Waals surface area (Å²) < 4.78 is 28.7. The van der Waals surface area contributed by atoms with Crippen molar-refractivity contribution in [3.05, 3.63) is 36.7 Å². The van der Waals surface area contributed by atoms with Crippen LogP contribution in [-0.4, -0.2) is 23.9 Å². The standard InChI is InChI=1S/C14H17IN2O2S/c1-10(2)13(8-15)17-20(18,19)14-5-3-4-11-9-16-7-6-12(11)14/h3-7,9-10,13,17H,8H2,1-2H3. The summed E-state index contributed by atoms with van der Waals surface area (Å²) >= 11 is 2.21. The second-order valence-electron chi connectivity index (χ2n) is 4.98. The number of rotatable bonds is 5. The zero-order valence-electron chi connectivity index (χ0n) is 11.4. The second kappa shape index (κ2) is 6.36. The molecule has 108 valence electrons. The van der Waals surface area contributed by atoms with Crippen LogP contribution in [-0.2, 0) is 10.0 Å². The van der Waals surface area contributed by atoms with Crippen LogP contribution in [0, 0.1) is 5.92 Å². The molecule has 2 rings (SSSR count). The number of nitrogens with one attached hydrogen (secondary N) is 1. The first-order valence-electron chi connectivity index (χ1n) is 6.36. The lowest BCUT2D eigenvalue weighted by molar-refractivity contribution is 0.486. The van der Waals surface area contributed by atoms with Gasteiger partial charge < -0.3 is 0 Å². The van der Waals surface area contributed by atoms with Crippen molar-refractivity contribution in [1.29, 1.82) is 0 Å². The first-order chi connectivity index (χ1) is 9.45. The molecule has 0 aliphatic rings. The molecule has 6 heteroatoms. The monoisotopic (exact) mass is 404 g/mol. The third kappa shape index (κ3) is 3.29. The number of pyridine rings is 1. The number of aromatic nitrogens is 1. The molecule has 1 atom stereocenters. The van der Waals surface area contributed by atoms with Crippen LogP contribution in [0.2, 0.25) is 0 Å². The molecule has 0 saturated heterocycles. The number of nitrogens with zero attached hydrogens (tertiary/aromatic N) is 1. The third-order valence-corrected chi connectivity index (χ3v) is 5.70. The average molecular weight is 404 g/mol. The minimum absolute atomic E-state index is 0.0716. The molecule has 1 aromatic carbocycles. The summed E-state index contributed by atoms with van der Waals surface area (Å²) in [7, 11) is -3.53. The van der Waals surface area contributed by atoms with Gasteiger partial charge in [0, 0.05) is 33.6 Å². The SMILES string of the molecule is CC(C)C(CI)NS(=O)(=O)c1cccc2cnccc12. The molecular weight excluding hydrogens is 387 g/mol. The Morgan fingerprint density at radius 2 is 2.05 bits per heavy atom. The van der Waals surface area contributed by atoms with E-state index in [4.69, 9.17) is 0 Å². The fourth-order valence-electron chi connectivity index (χ4n) is 1.94. The molecule has 0 bridgehead atoms. The minimum atomic E-state index is -3.53. The number of hydrogen-bond donors (Lipinski definition) is 1. The van der Waals surface area contributed by atoms with Crippen LogP contribution in [0.3, 0.4) is 0 Å². The summed E-state index contributed by atoms with van der Waals surface area (Å²) in [6.07, 6.45) is 3.28. The molecule has 20 heavy (non-hydrogen) atoms. The Balaban J connectivity index is 2.47. The first kappa shape index (κ1) is 15.7. The zero-order valence-corrected chi connectivity index (χ0v) is 14.3. The lowest BCUT2D eigenvalue weighted by Crippen LogP contribution is -2.39. The van der Waals surface area contributed by atoms with E-state index in [2.05, 4.69) is 32.3 Å². The maximum absolute atomic E-state index is 12.6. The first-order valence-corrected chi connectivity index (χ1v) is 9.37. The topological polar surface area (TPSA) is 59.1 Å². The Kier molecular flexibility index (Phi) is 4.98. The maximum atomic E-state index is 12.6. The fourth-order valence-corrected chi connectivity index (χ4v) is 5.09. The highest BCUT2D eigenvalue weighted by Gasteiger charge is 2.23. The third-order valence-electron chi connectivity index (χ3n) is 3.21. The van der Waals surface area contributed by atoms with Gasteiger partial charge in [-0.15, -0.1) is 0 Å². The van der Waals surface area contributed by atoms with Crippen LogP contribution in [0.4, 0.5) is 0 Å². The van der Waals surface area contributed by atoms with Gasteiger partial charge in [-0.2, -0.15) is 0 Å². The van der Waals surface area contributed by atoms with Crippen LogP contribution >= 0.6 is 22.6 Å². The van der Waals surface area contributed by atoms with Gasteiger partial charge in [-0.25, -0.2) is 13.1 Å². The van der Waals surface area contributed by atoms with Crippen molar-refractivity contribution in [1.82, 2.24) is 9.71 Å². The van der Waals surface area contributed by atoms with E-state index in [1.165, 1.54) is 0 Å². The zero-order chi connectivity index (χ0) is 14.8. The molecule has 1 heterocycles. The molecule has 1 aromatic heterocycles. The normalized spacial score (nSPS) is 13.8. The van der Waals surface area contributed by atoms with E-state index >= 15 is 0 Å². The van der Waals surface area contributed by atoms with E-state index in [1.807, 2.05) is 19.9 Å². The van der Waals surface area contributed by atoms with E-state index in [0.717, 1.165) is 9.81 Å².